The Bertz CT molecular complexity index is 553. The number of likely N-dealkylation sites (N-methyl/N-ethyl adjacent to an activating group) is 1. The Morgan fingerprint density at radius 1 is 1.19 bits per heavy atom. The van der Waals surface area contributed by atoms with Crippen molar-refractivity contribution < 1.29 is 4.79 Å². The van der Waals surface area contributed by atoms with E-state index >= 15 is 0 Å². The van der Waals surface area contributed by atoms with Crippen LogP contribution in [0.25, 0.3) is 0 Å². The average Bonchev–Trinajstić information content (AvgIpc) is 3.01. The lowest BCUT2D eigenvalue weighted by Crippen LogP contribution is -2.37. The molecule has 0 unspecified atom stereocenters. The number of carbonyl (C=O) groups is 1. The predicted octanol–water partition coefficient (Wildman–Crippen LogP) is 3.62. The van der Waals surface area contributed by atoms with E-state index in [4.69, 9.17) is 0 Å². The van der Waals surface area contributed by atoms with Gasteiger partial charge >= 0.3 is 0 Å². The number of hydrogen-bond donors (Lipinski definition) is 1. The smallest absolute Gasteiger partial charge is 0.234 e. The van der Waals surface area contributed by atoms with E-state index in [0.717, 1.165) is 0 Å². The molecule has 1 aromatic heterocycles. The van der Waals surface area contributed by atoms with Crippen molar-refractivity contribution in [3.63, 3.8) is 0 Å². The lowest BCUT2D eigenvalue weighted by Gasteiger charge is -2.25. The first-order valence-electron chi connectivity index (χ1n) is 7.16. The SMILES string of the molecule is C[C@@H](NC(=O)CN(C)[C@@H](C)c1ccccc1)c1cccs1. The summed E-state index contributed by atoms with van der Waals surface area (Å²) >= 11 is 1.67. The second kappa shape index (κ2) is 7.38. The van der Waals surface area contributed by atoms with Crippen LogP contribution in [0.2, 0.25) is 0 Å². The Labute approximate surface area is 130 Å². The van der Waals surface area contributed by atoms with E-state index < -0.39 is 0 Å². The van der Waals surface area contributed by atoms with E-state index in [-0.39, 0.29) is 18.0 Å². The molecule has 1 heterocycles. The minimum Gasteiger partial charge on any atom is -0.348 e. The maximum Gasteiger partial charge on any atom is 0.234 e. The minimum atomic E-state index is 0.0566. The molecule has 112 valence electrons. The summed E-state index contributed by atoms with van der Waals surface area (Å²) in [6.45, 7) is 4.53. The molecule has 0 spiro atoms. The Kier molecular flexibility index (Phi) is 5.53. The highest BCUT2D eigenvalue weighted by atomic mass is 32.1. The van der Waals surface area contributed by atoms with Gasteiger partial charge in [0.05, 0.1) is 12.6 Å². The molecule has 0 fully saturated rings. The van der Waals surface area contributed by atoms with Gasteiger partial charge in [0, 0.05) is 10.9 Å². The molecule has 4 heteroatoms. The molecule has 2 atom stereocenters. The molecule has 2 rings (SSSR count). The van der Waals surface area contributed by atoms with E-state index in [9.17, 15) is 4.79 Å². The van der Waals surface area contributed by atoms with Gasteiger partial charge in [-0.1, -0.05) is 36.4 Å². The third kappa shape index (κ3) is 4.41. The highest BCUT2D eigenvalue weighted by Crippen LogP contribution is 2.19. The van der Waals surface area contributed by atoms with Crippen LogP contribution in [0.5, 0.6) is 0 Å². The van der Waals surface area contributed by atoms with Crippen molar-refractivity contribution in [1.82, 2.24) is 10.2 Å². The minimum absolute atomic E-state index is 0.0566. The Hall–Kier alpha value is -1.65. The quantitative estimate of drug-likeness (QED) is 0.884. The van der Waals surface area contributed by atoms with Gasteiger partial charge in [0.1, 0.15) is 0 Å². The molecule has 0 saturated carbocycles. The van der Waals surface area contributed by atoms with Crippen molar-refractivity contribution in [2.75, 3.05) is 13.6 Å². The lowest BCUT2D eigenvalue weighted by molar-refractivity contribution is -0.123. The topological polar surface area (TPSA) is 32.3 Å². The fourth-order valence-corrected chi connectivity index (χ4v) is 2.98. The van der Waals surface area contributed by atoms with Crippen LogP contribution in [0.3, 0.4) is 0 Å². The zero-order valence-electron chi connectivity index (χ0n) is 12.7. The zero-order valence-corrected chi connectivity index (χ0v) is 13.6. The number of amides is 1. The molecule has 1 aromatic carbocycles. The number of hydrogen-bond acceptors (Lipinski definition) is 3. The molecule has 0 aliphatic heterocycles. The summed E-state index contributed by atoms with van der Waals surface area (Å²) in [5.74, 6) is 0.0566. The van der Waals surface area contributed by atoms with E-state index in [0.29, 0.717) is 6.54 Å². The second-order valence-corrected chi connectivity index (χ2v) is 6.29. The van der Waals surface area contributed by atoms with Gasteiger partial charge in [0.2, 0.25) is 5.91 Å². The molecule has 0 bridgehead atoms. The molecule has 2 aromatic rings. The van der Waals surface area contributed by atoms with Crippen LogP contribution in [0.4, 0.5) is 0 Å². The molecule has 21 heavy (non-hydrogen) atoms. The summed E-state index contributed by atoms with van der Waals surface area (Å²) in [6, 6.07) is 14.6. The number of nitrogens with one attached hydrogen (secondary N) is 1. The highest BCUT2D eigenvalue weighted by molar-refractivity contribution is 7.10. The van der Waals surface area contributed by atoms with Crippen molar-refractivity contribution in [2.45, 2.75) is 25.9 Å². The van der Waals surface area contributed by atoms with Gasteiger partial charge in [-0.25, -0.2) is 0 Å². The van der Waals surface area contributed by atoms with E-state index in [1.54, 1.807) is 11.3 Å². The van der Waals surface area contributed by atoms with Gasteiger partial charge in [0.15, 0.2) is 0 Å². The summed E-state index contributed by atoms with van der Waals surface area (Å²) in [4.78, 5) is 15.4. The summed E-state index contributed by atoms with van der Waals surface area (Å²) in [5, 5.41) is 5.08. The largest absolute Gasteiger partial charge is 0.348 e. The van der Waals surface area contributed by atoms with Crippen LogP contribution in [-0.2, 0) is 4.79 Å². The molecule has 0 aliphatic rings. The van der Waals surface area contributed by atoms with E-state index in [1.165, 1.54) is 10.4 Å². The highest BCUT2D eigenvalue weighted by Gasteiger charge is 2.16. The van der Waals surface area contributed by atoms with Crippen LogP contribution in [0, 0.1) is 0 Å². The molecular weight excluding hydrogens is 280 g/mol. The summed E-state index contributed by atoms with van der Waals surface area (Å²) < 4.78 is 0. The first kappa shape index (κ1) is 15.7. The maximum absolute atomic E-state index is 12.1. The Morgan fingerprint density at radius 3 is 2.52 bits per heavy atom. The Balaban J connectivity index is 1.87. The number of carbonyl (C=O) groups excluding carboxylic acids is 1. The lowest BCUT2D eigenvalue weighted by atomic mass is 10.1. The number of nitrogens with zero attached hydrogens (tertiary/aromatic N) is 1. The molecule has 0 saturated heterocycles. The number of benzene rings is 1. The van der Waals surface area contributed by atoms with Crippen molar-refractivity contribution in [2.24, 2.45) is 0 Å². The Morgan fingerprint density at radius 2 is 1.90 bits per heavy atom. The summed E-state index contributed by atoms with van der Waals surface area (Å²) in [6.07, 6.45) is 0. The van der Waals surface area contributed by atoms with Crippen molar-refractivity contribution >= 4 is 17.2 Å². The third-order valence-electron chi connectivity index (χ3n) is 3.68. The molecule has 3 nitrogen and oxygen atoms in total. The van der Waals surface area contributed by atoms with Crippen molar-refractivity contribution in [1.29, 1.82) is 0 Å². The normalized spacial score (nSPS) is 13.9. The van der Waals surface area contributed by atoms with Crippen LogP contribution < -0.4 is 5.32 Å². The van der Waals surface area contributed by atoms with Gasteiger partial charge < -0.3 is 5.32 Å². The molecule has 1 amide bonds. The van der Waals surface area contributed by atoms with E-state index in [1.807, 2.05) is 49.7 Å². The van der Waals surface area contributed by atoms with Crippen LogP contribution >= 0.6 is 11.3 Å². The zero-order chi connectivity index (χ0) is 15.2. The van der Waals surface area contributed by atoms with Crippen LogP contribution in [0.15, 0.2) is 47.8 Å². The molecular formula is C17H22N2OS. The standard InChI is InChI=1S/C17H22N2OS/c1-13(16-10-7-11-21-16)18-17(20)12-19(3)14(2)15-8-5-4-6-9-15/h4-11,13-14H,12H2,1-3H3,(H,18,20)/t13-,14+/m1/s1. The van der Waals surface area contributed by atoms with Gasteiger partial charge in [-0.05, 0) is 37.9 Å². The molecule has 1 N–H and O–H groups in total. The van der Waals surface area contributed by atoms with Crippen LogP contribution in [-0.4, -0.2) is 24.4 Å². The van der Waals surface area contributed by atoms with Crippen molar-refractivity contribution in [3.8, 4) is 0 Å². The average molecular weight is 302 g/mol. The molecule has 0 aliphatic carbocycles. The van der Waals surface area contributed by atoms with E-state index in [2.05, 4.69) is 29.3 Å². The van der Waals surface area contributed by atoms with Gasteiger partial charge in [-0.15, -0.1) is 11.3 Å². The summed E-state index contributed by atoms with van der Waals surface area (Å²) in [5.41, 5.74) is 1.22. The molecule has 0 radical (unpaired) electrons. The summed E-state index contributed by atoms with van der Waals surface area (Å²) in [7, 11) is 1.98. The van der Waals surface area contributed by atoms with Gasteiger partial charge in [0.25, 0.3) is 0 Å². The fourth-order valence-electron chi connectivity index (χ4n) is 2.25. The number of rotatable bonds is 6. The second-order valence-electron chi connectivity index (χ2n) is 5.31. The van der Waals surface area contributed by atoms with Crippen molar-refractivity contribution in [3.05, 3.63) is 58.3 Å². The first-order valence-corrected chi connectivity index (χ1v) is 8.04. The van der Waals surface area contributed by atoms with Crippen LogP contribution in [0.1, 0.15) is 36.4 Å². The van der Waals surface area contributed by atoms with Gasteiger partial charge in [-0.2, -0.15) is 0 Å². The number of thiophene rings is 1. The maximum atomic E-state index is 12.1. The van der Waals surface area contributed by atoms with Gasteiger partial charge in [-0.3, -0.25) is 9.69 Å². The third-order valence-corrected chi connectivity index (χ3v) is 4.74. The monoisotopic (exact) mass is 302 g/mol. The fraction of sp³-hybridized carbons (Fsp3) is 0.353. The predicted molar refractivity (Wildman–Crippen MR) is 88.4 cm³/mol. The first-order chi connectivity index (χ1) is 10.1.